The van der Waals surface area contributed by atoms with Gasteiger partial charge in [0.05, 0.1) is 30.6 Å². The first-order valence-electron chi connectivity index (χ1n) is 12.6. The van der Waals surface area contributed by atoms with Gasteiger partial charge >= 0.3 is 0 Å². The summed E-state index contributed by atoms with van der Waals surface area (Å²) in [6.45, 7) is 0.753. The maximum Gasteiger partial charge on any atom is 0.262 e. The van der Waals surface area contributed by atoms with Crippen molar-refractivity contribution in [3.8, 4) is 11.1 Å². The van der Waals surface area contributed by atoms with Crippen LogP contribution in [0.15, 0.2) is 78.6 Å². The maximum atomic E-state index is 13.9. The molecule has 1 unspecified atom stereocenters. The van der Waals surface area contributed by atoms with Crippen molar-refractivity contribution in [3.63, 3.8) is 0 Å². The molecule has 0 saturated heterocycles. The van der Waals surface area contributed by atoms with Gasteiger partial charge in [-0.15, -0.1) is 0 Å². The molecule has 2 aromatic heterocycles. The Morgan fingerprint density at radius 2 is 1.77 bits per heavy atom. The number of fused-ring (bicyclic) bond motifs is 1. The lowest BCUT2D eigenvalue weighted by atomic mass is 9.93. The lowest BCUT2D eigenvalue weighted by Gasteiger charge is -2.40. The van der Waals surface area contributed by atoms with Gasteiger partial charge in [-0.3, -0.25) is 0 Å². The van der Waals surface area contributed by atoms with Gasteiger partial charge in [-0.25, -0.2) is 26.8 Å². The summed E-state index contributed by atoms with van der Waals surface area (Å²) in [5.41, 5.74) is 5.09. The Labute approximate surface area is 229 Å². The Bertz CT molecular complexity index is 1680. The van der Waals surface area contributed by atoms with Crippen LogP contribution in [0.2, 0.25) is 0 Å². The van der Waals surface area contributed by atoms with E-state index in [1.165, 1.54) is 16.8 Å². The highest BCUT2D eigenvalue weighted by atomic mass is 32.2. The third kappa shape index (κ3) is 5.92. The molecule has 0 aliphatic carbocycles. The smallest absolute Gasteiger partial charge is 0.262 e. The fourth-order valence-electron chi connectivity index (χ4n) is 5.01. The van der Waals surface area contributed by atoms with Crippen molar-refractivity contribution in [2.24, 2.45) is 14.1 Å². The van der Waals surface area contributed by atoms with Crippen LogP contribution >= 0.6 is 0 Å². The van der Waals surface area contributed by atoms with E-state index in [2.05, 4.69) is 33.1 Å². The molecule has 1 atom stereocenters. The normalized spacial score (nSPS) is 16.0. The number of sulfone groups is 1. The van der Waals surface area contributed by atoms with Crippen molar-refractivity contribution in [1.82, 2.24) is 23.4 Å². The summed E-state index contributed by atoms with van der Waals surface area (Å²) in [5, 5.41) is -0.0967. The van der Waals surface area contributed by atoms with Gasteiger partial charge in [-0.05, 0) is 35.2 Å². The Morgan fingerprint density at radius 3 is 2.41 bits per heavy atom. The van der Waals surface area contributed by atoms with Gasteiger partial charge in [0.2, 0.25) is 0 Å². The van der Waals surface area contributed by atoms with Crippen molar-refractivity contribution in [2.45, 2.75) is 24.0 Å². The van der Waals surface area contributed by atoms with Crippen LogP contribution in [-0.2, 0) is 46.9 Å². The third-order valence-electron chi connectivity index (χ3n) is 7.03. The number of benzene rings is 2. The molecule has 0 fully saturated rings. The summed E-state index contributed by atoms with van der Waals surface area (Å²) in [4.78, 5) is 10.5. The minimum atomic E-state index is -4.07. The van der Waals surface area contributed by atoms with Crippen molar-refractivity contribution in [3.05, 3.63) is 84.8 Å². The first-order chi connectivity index (χ1) is 18.5. The quantitative estimate of drug-likeness (QED) is 0.305. The molecule has 0 bridgehead atoms. The van der Waals surface area contributed by atoms with Crippen LogP contribution in [-0.4, -0.2) is 71.4 Å². The third-order valence-corrected chi connectivity index (χ3v) is 9.79. The summed E-state index contributed by atoms with van der Waals surface area (Å²) in [6, 6.07) is 15.8. The van der Waals surface area contributed by atoms with Crippen LogP contribution in [0.1, 0.15) is 11.3 Å². The molecule has 3 heterocycles. The molecule has 5 rings (SSSR count). The largest absolute Gasteiger partial charge is 0.364 e. The standard InChI is InChI=1S/C27H32N6O4S2/c1-30-18-27(29-20-30)39(36,37)33(11-12-38(3,34)35)24-14-23-13-22(21-7-5-4-6-8-21)9-10-26(23)32(16-24)17-25-15-28-19-31(25)2/h4-10,13,15,18-20,24H,11-12,14,16-17H2,1-3H3. The molecule has 0 saturated carbocycles. The first-order valence-corrected chi connectivity index (χ1v) is 16.1. The van der Waals surface area contributed by atoms with E-state index in [1.807, 2.05) is 41.9 Å². The number of nitrogens with zero attached hydrogens (tertiary/aromatic N) is 6. The van der Waals surface area contributed by atoms with Gasteiger partial charge in [0, 0.05) is 57.6 Å². The summed E-state index contributed by atoms with van der Waals surface area (Å²) < 4.78 is 56.8. The van der Waals surface area contributed by atoms with Crippen molar-refractivity contribution >= 4 is 25.5 Å². The lowest BCUT2D eigenvalue weighted by Crippen LogP contribution is -2.52. The molecule has 10 nitrogen and oxygen atoms in total. The van der Waals surface area contributed by atoms with Crippen LogP contribution in [0.25, 0.3) is 11.1 Å². The van der Waals surface area contributed by atoms with Crippen molar-refractivity contribution < 1.29 is 16.8 Å². The van der Waals surface area contributed by atoms with E-state index < -0.39 is 25.9 Å². The fourth-order valence-corrected chi connectivity index (χ4v) is 7.24. The minimum absolute atomic E-state index is 0.0967. The molecule has 0 spiro atoms. The molecule has 0 amide bonds. The second kappa shape index (κ2) is 10.6. The Hall–Kier alpha value is -3.48. The average Bonchev–Trinajstić information content (AvgIpc) is 3.52. The second-order valence-electron chi connectivity index (χ2n) is 10.1. The van der Waals surface area contributed by atoms with Gasteiger partial charge in [-0.1, -0.05) is 36.4 Å². The predicted octanol–water partition coefficient (Wildman–Crippen LogP) is 2.49. The second-order valence-corrected chi connectivity index (χ2v) is 14.2. The van der Waals surface area contributed by atoms with Crippen LogP contribution in [0.5, 0.6) is 0 Å². The summed E-state index contributed by atoms with van der Waals surface area (Å²) in [7, 11) is -3.86. The fraction of sp³-hybridized carbons (Fsp3) is 0.333. The maximum absolute atomic E-state index is 13.9. The molecule has 1 aliphatic rings. The van der Waals surface area contributed by atoms with Crippen LogP contribution in [0, 0.1) is 0 Å². The van der Waals surface area contributed by atoms with Crippen LogP contribution in [0.4, 0.5) is 5.69 Å². The van der Waals surface area contributed by atoms with Crippen LogP contribution < -0.4 is 4.90 Å². The van der Waals surface area contributed by atoms with Gasteiger partial charge in [0.1, 0.15) is 9.84 Å². The van der Waals surface area contributed by atoms with E-state index in [4.69, 9.17) is 0 Å². The zero-order valence-corrected chi connectivity index (χ0v) is 23.8. The van der Waals surface area contributed by atoms with E-state index in [1.54, 1.807) is 24.1 Å². The molecular weight excluding hydrogens is 536 g/mol. The van der Waals surface area contributed by atoms with Gasteiger partial charge in [0.15, 0.2) is 5.03 Å². The van der Waals surface area contributed by atoms with Crippen LogP contribution in [0.3, 0.4) is 0 Å². The number of hydrogen-bond acceptors (Lipinski definition) is 7. The number of aryl methyl sites for hydroxylation is 2. The number of sulfonamides is 1. The number of anilines is 1. The predicted molar refractivity (Wildman–Crippen MR) is 150 cm³/mol. The van der Waals surface area contributed by atoms with Crippen molar-refractivity contribution in [1.29, 1.82) is 0 Å². The number of rotatable bonds is 9. The Morgan fingerprint density at radius 1 is 1.00 bits per heavy atom. The van der Waals surface area contributed by atoms with E-state index in [0.29, 0.717) is 19.5 Å². The molecular formula is C27H32N6O4S2. The highest BCUT2D eigenvalue weighted by Crippen LogP contribution is 2.35. The number of imidazole rings is 2. The monoisotopic (exact) mass is 568 g/mol. The Balaban J connectivity index is 1.58. The number of aromatic nitrogens is 4. The minimum Gasteiger partial charge on any atom is -0.364 e. The molecule has 4 aromatic rings. The highest BCUT2D eigenvalue weighted by Gasteiger charge is 2.38. The lowest BCUT2D eigenvalue weighted by molar-refractivity contribution is 0.320. The van der Waals surface area contributed by atoms with Crippen molar-refractivity contribution in [2.75, 3.05) is 30.0 Å². The zero-order valence-electron chi connectivity index (χ0n) is 22.2. The zero-order chi connectivity index (χ0) is 27.8. The van der Waals surface area contributed by atoms with Gasteiger partial charge in [-0.2, -0.15) is 4.31 Å². The van der Waals surface area contributed by atoms with Gasteiger partial charge in [0.25, 0.3) is 10.0 Å². The van der Waals surface area contributed by atoms with E-state index in [9.17, 15) is 16.8 Å². The SMILES string of the molecule is Cn1cnc(S(=O)(=O)N(CCS(C)(=O)=O)C2Cc3cc(-c4ccccc4)ccc3N(Cc3cncn3C)C2)c1. The molecule has 0 radical (unpaired) electrons. The summed E-state index contributed by atoms with van der Waals surface area (Å²) in [6.07, 6.45) is 7.97. The molecule has 2 aromatic carbocycles. The topological polar surface area (TPSA) is 110 Å². The molecule has 1 aliphatic heterocycles. The summed E-state index contributed by atoms with van der Waals surface area (Å²) in [5.74, 6) is -0.284. The van der Waals surface area contributed by atoms with E-state index in [0.717, 1.165) is 34.3 Å². The van der Waals surface area contributed by atoms with E-state index >= 15 is 0 Å². The molecule has 0 N–H and O–H groups in total. The number of hydrogen-bond donors (Lipinski definition) is 0. The van der Waals surface area contributed by atoms with E-state index in [-0.39, 0.29) is 17.3 Å². The Kier molecular flexibility index (Phi) is 7.36. The van der Waals surface area contributed by atoms with Gasteiger partial charge < -0.3 is 14.0 Å². The summed E-state index contributed by atoms with van der Waals surface area (Å²) >= 11 is 0. The molecule has 206 valence electrons. The molecule has 12 heteroatoms. The first kappa shape index (κ1) is 27.1. The molecule has 39 heavy (non-hydrogen) atoms. The average molecular weight is 569 g/mol. The highest BCUT2D eigenvalue weighted by molar-refractivity contribution is 7.91.